The first-order chi connectivity index (χ1) is 20.9. The van der Waals surface area contributed by atoms with Gasteiger partial charge in [0.2, 0.25) is 5.43 Å². The van der Waals surface area contributed by atoms with E-state index in [4.69, 9.17) is 40.9 Å². The molecule has 1 aromatic heterocycles. The lowest BCUT2D eigenvalue weighted by atomic mass is 9.98. The van der Waals surface area contributed by atoms with Crippen LogP contribution in [-0.4, -0.2) is 50.4 Å². The smallest absolute Gasteiger partial charge is 0.204 e. The van der Waals surface area contributed by atoms with E-state index in [9.17, 15) is 9.90 Å². The molecule has 0 aliphatic heterocycles. The second-order valence-electron chi connectivity index (χ2n) is 10.8. The molecule has 0 aliphatic carbocycles. The summed E-state index contributed by atoms with van der Waals surface area (Å²) < 4.78 is 24.2. The molecule has 2 aromatic carbocycles. The summed E-state index contributed by atoms with van der Waals surface area (Å²) >= 11 is 0. The quantitative estimate of drug-likeness (QED) is 0.0431. The Morgan fingerprint density at radius 2 is 1.36 bits per heavy atom. The Kier molecular flexibility index (Phi) is 11.9. The average molecular weight is 609 g/mol. The number of guanidine groups is 2. The lowest BCUT2D eigenvalue weighted by Crippen LogP contribution is -2.31. The summed E-state index contributed by atoms with van der Waals surface area (Å²) in [5, 5.41) is 32.0. The molecule has 12 nitrogen and oxygen atoms in total. The summed E-state index contributed by atoms with van der Waals surface area (Å²) in [5.41, 5.74) is 14.0. The fraction of sp³-hybridized carbons (Fsp3) is 0.406. The molecule has 0 spiro atoms. The van der Waals surface area contributed by atoms with Gasteiger partial charge < -0.3 is 45.8 Å². The SMILES string of the molecule is COc1c(OCCCNC(=N)N)cc2oc3cc(OCCCNC(=N)N)c(CC=C(C)C)c(O)c3c(=O)c2c1CC=C(C)C. The third kappa shape index (κ3) is 8.59. The predicted octanol–water partition coefficient (Wildman–Crippen LogP) is 4.18. The topological polar surface area (TPSA) is 202 Å². The monoisotopic (exact) mass is 608 g/mol. The van der Waals surface area contributed by atoms with Crippen LogP contribution in [0.1, 0.15) is 51.7 Å². The average Bonchev–Trinajstić information content (AvgIpc) is 2.94. The van der Waals surface area contributed by atoms with Crippen LogP contribution in [0.5, 0.6) is 23.0 Å². The Morgan fingerprint density at radius 1 is 0.864 bits per heavy atom. The third-order valence-electron chi connectivity index (χ3n) is 6.73. The molecular weight excluding hydrogens is 564 g/mol. The molecule has 12 heteroatoms. The van der Waals surface area contributed by atoms with Gasteiger partial charge in [-0.1, -0.05) is 23.3 Å². The molecule has 0 unspecified atom stereocenters. The Labute approximate surface area is 257 Å². The van der Waals surface area contributed by atoms with Crippen LogP contribution in [0.2, 0.25) is 0 Å². The summed E-state index contributed by atoms with van der Waals surface area (Å²) in [7, 11) is 1.52. The highest BCUT2D eigenvalue weighted by molar-refractivity contribution is 5.98. The van der Waals surface area contributed by atoms with Gasteiger partial charge in [0.05, 0.1) is 25.7 Å². The number of phenols is 1. The fourth-order valence-corrected chi connectivity index (χ4v) is 4.62. The minimum absolute atomic E-state index is 0.0599. The zero-order chi connectivity index (χ0) is 32.4. The number of benzene rings is 2. The third-order valence-corrected chi connectivity index (χ3v) is 6.73. The van der Waals surface area contributed by atoms with Crippen molar-refractivity contribution in [3.8, 4) is 23.0 Å². The number of allylic oxidation sites excluding steroid dienone is 4. The van der Waals surface area contributed by atoms with E-state index in [-0.39, 0.29) is 46.3 Å². The van der Waals surface area contributed by atoms with E-state index in [1.165, 1.54) is 7.11 Å². The van der Waals surface area contributed by atoms with Crippen LogP contribution < -0.4 is 41.7 Å². The van der Waals surface area contributed by atoms with Crippen LogP contribution >= 0.6 is 0 Å². The molecule has 3 rings (SSSR count). The molecule has 0 saturated carbocycles. The van der Waals surface area contributed by atoms with Crippen LogP contribution in [0, 0.1) is 10.8 Å². The largest absolute Gasteiger partial charge is 0.507 e. The van der Waals surface area contributed by atoms with E-state index in [1.807, 2.05) is 39.8 Å². The van der Waals surface area contributed by atoms with Crippen LogP contribution in [0.25, 0.3) is 21.9 Å². The van der Waals surface area contributed by atoms with Gasteiger partial charge in [-0.05, 0) is 53.4 Å². The molecule has 0 atom stereocenters. The first-order valence-electron chi connectivity index (χ1n) is 14.5. The molecule has 1 heterocycles. The van der Waals surface area contributed by atoms with E-state index in [2.05, 4.69) is 10.6 Å². The summed E-state index contributed by atoms with van der Waals surface area (Å²) in [5.74, 6) is 0.770. The number of nitrogens with one attached hydrogen (secondary N) is 4. The van der Waals surface area contributed by atoms with Crippen LogP contribution in [-0.2, 0) is 12.8 Å². The van der Waals surface area contributed by atoms with Crippen molar-refractivity contribution in [1.82, 2.24) is 10.6 Å². The summed E-state index contributed by atoms with van der Waals surface area (Å²) in [6.45, 7) is 9.32. The first kappa shape index (κ1) is 33.6. The van der Waals surface area contributed by atoms with Crippen molar-refractivity contribution in [3.05, 3.63) is 56.8 Å². The van der Waals surface area contributed by atoms with Crippen molar-refractivity contribution in [2.24, 2.45) is 11.5 Å². The molecule has 3 aromatic rings. The van der Waals surface area contributed by atoms with E-state index < -0.39 is 0 Å². The second kappa shape index (κ2) is 15.6. The zero-order valence-corrected chi connectivity index (χ0v) is 26.1. The van der Waals surface area contributed by atoms with Crippen molar-refractivity contribution >= 4 is 33.9 Å². The van der Waals surface area contributed by atoms with Gasteiger partial charge in [0, 0.05) is 36.3 Å². The lowest BCUT2D eigenvalue weighted by molar-refractivity contribution is 0.289. The number of hydrogen-bond donors (Lipinski definition) is 7. The maximum Gasteiger partial charge on any atom is 0.204 e. The minimum atomic E-state index is -0.387. The number of aromatic hydroxyl groups is 1. The highest BCUT2D eigenvalue weighted by Crippen LogP contribution is 2.41. The number of hydrogen-bond acceptors (Lipinski definition) is 8. The summed E-state index contributed by atoms with van der Waals surface area (Å²) in [4.78, 5) is 14.2. The van der Waals surface area contributed by atoms with Gasteiger partial charge in [0.25, 0.3) is 0 Å². The zero-order valence-electron chi connectivity index (χ0n) is 26.1. The Bertz CT molecular complexity index is 1630. The standard InChI is InChI=1S/C32H44N6O6/c1-18(2)8-10-20-22(42-14-6-12-37-31(33)34)16-24-27(28(20)39)29(40)26-21(11-9-19(3)4)30(41-5)25(17-23(26)44-24)43-15-7-13-38-32(35)36/h8-9,16-17,39H,6-7,10-15H2,1-5H3,(H4,33,34,37)(H4,35,36,38). The molecule has 0 fully saturated rings. The van der Waals surface area contributed by atoms with Gasteiger partial charge in [0.15, 0.2) is 23.4 Å². The van der Waals surface area contributed by atoms with Gasteiger partial charge in [-0.15, -0.1) is 0 Å². The number of ether oxygens (including phenoxy) is 3. The molecular formula is C32H44N6O6. The molecule has 0 aliphatic rings. The van der Waals surface area contributed by atoms with Crippen LogP contribution in [0.15, 0.2) is 44.6 Å². The van der Waals surface area contributed by atoms with E-state index in [0.29, 0.717) is 79.1 Å². The van der Waals surface area contributed by atoms with Crippen molar-refractivity contribution in [2.45, 2.75) is 53.4 Å². The highest BCUT2D eigenvalue weighted by atomic mass is 16.5. The van der Waals surface area contributed by atoms with E-state index in [1.54, 1.807) is 12.1 Å². The molecule has 9 N–H and O–H groups in total. The van der Waals surface area contributed by atoms with Crippen LogP contribution in [0.3, 0.4) is 0 Å². The minimum Gasteiger partial charge on any atom is -0.507 e. The number of phenolic OH excluding ortho intramolecular Hbond substituents is 1. The van der Waals surface area contributed by atoms with Crippen molar-refractivity contribution in [1.29, 1.82) is 10.8 Å². The Balaban J connectivity index is 2.21. The van der Waals surface area contributed by atoms with Gasteiger partial charge in [0.1, 0.15) is 28.1 Å². The lowest BCUT2D eigenvalue weighted by Gasteiger charge is -2.18. The van der Waals surface area contributed by atoms with Crippen molar-refractivity contribution in [3.63, 3.8) is 0 Å². The van der Waals surface area contributed by atoms with Gasteiger partial charge >= 0.3 is 0 Å². The normalized spacial score (nSPS) is 10.8. The molecule has 238 valence electrons. The summed E-state index contributed by atoms with van der Waals surface area (Å²) in [6.07, 6.45) is 5.78. The van der Waals surface area contributed by atoms with E-state index in [0.717, 1.165) is 11.1 Å². The van der Waals surface area contributed by atoms with Crippen LogP contribution in [0.4, 0.5) is 0 Å². The Hall–Kier alpha value is -4.87. The molecule has 0 amide bonds. The van der Waals surface area contributed by atoms with Gasteiger partial charge in [-0.25, -0.2) is 0 Å². The second-order valence-corrected chi connectivity index (χ2v) is 10.8. The number of nitrogens with two attached hydrogens (primary N) is 2. The van der Waals surface area contributed by atoms with Crippen molar-refractivity contribution < 1.29 is 23.7 Å². The van der Waals surface area contributed by atoms with Gasteiger partial charge in [-0.2, -0.15) is 0 Å². The van der Waals surface area contributed by atoms with E-state index >= 15 is 0 Å². The number of rotatable bonds is 15. The number of methoxy groups -OCH3 is 1. The summed E-state index contributed by atoms with van der Waals surface area (Å²) in [6, 6.07) is 3.26. The number of fused-ring (bicyclic) bond motifs is 2. The molecule has 0 radical (unpaired) electrons. The van der Waals surface area contributed by atoms with Crippen molar-refractivity contribution in [2.75, 3.05) is 33.4 Å². The maximum atomic E-state index is 14.2. The maximum absolute atomic E-state index is 14.2. The molecule has 44 heavy (non-hydrogen) atoms. The first-order valence-corrected chi connectivity index (χ1v) is 14.5. The molecule has 0 saturated heterocycles. The highest BCUT2D eigenvalue weighted by Gasteiger charge is 2.24. The Morgan fingerprint density at radius 3 is 1.89 bits per heavy atom. The molecule has 0 bridgehead atoms. The fourth-order valence-electron chi connectivity index (χ4n) is 4.62. The van der Waals surface area contributed by atoms with Gasteiger partial charge in [-0.3, -0.25) is 15.6 Å². The predicted molar refractivity (Wildman–Crippen MR) is 175 cm³/mol.